The zero-order chi connectivity index (χ0) is 12.0. The molecule has 1 aromatic carbocycles. The van der Waals surface area contributed by atoms with E-state index in [1.807, 2.05) is 18.2 Å². The quantitative estimate of drug-likeness (QED) is 0.885. The van der Waals surface area contributed by atoms with Crippen LogP contribution in [-0.4, -0.2) is 6.04 Å². The molecule has 2 saturated carbocycles. The Kier molecular flexibility index (Phi) is 3.10. The molecule has 1 nitrogen and oxygen atoms in total. The second kappa shape index (κ2) is 4.46. The summed E-state index contributed by atoms with van der Waals surface area (Å²) in [5.41, 5.74) is 7.41. The number of hydrogen-bond donors (Lipinski definition) is 1. The average molecular weight is 270 g/mol. The third kappa shape index (κ3) is 2.09. The summed E-state index contributed by atoms with van der Waals surface area (Å²) in [4.78, 5) is 0. The molecule has 3 rings (SSSR count). The molecule has 0 aliphatic heterocycles. The van der Waals surface area contributed by atoms with Gasteiger partial charge in [0.15, 0.2) is 0 Å². The summed E-state index contributed by atoms with van der Waals surface area (Å²) in [5, 5.41) is 1.31. The molecule has 1 aromatic rings. The number of halogens is 2. The van der Waals surface area contributed by atoms with Gasteiger partial charge in [-0.3, -0.25) is 0 Å². The Balaban J connectivity index is 1.69. The van der Waals surface area contributed by atoms with Crippen LogP contribution >= 0.6 is 23.2 Å². The molecule has 2 fully saturated rings. The van der Waals surface area contributed by atoms with E-state index < -0.39 is 0 Å². The summed E-state index contributed by atoms with van der Waals surface area (Å²) < 4.78 is 0. The summed E-state index contributed by atoms with van der Waals surface area (Å²) in [6, 6.07) is 6.06. The second-order valence-corrected chi connectivity index (χ2v) is 6.20. The van der Waals surface area contributed by atoms with Gasteiger partial charge in [0.05, 0.1) is 10.0 Å². The molecule has 0 aromatic heterocycles. The highest BCUT2D eigenvalue weighted by atomic mass is 35.5. The molecule has 0 heterocycles. The molecule has 2 aliphatic carbocycles. The van der Waals surface area contributed by atoms with Crippen LogP contribution in [0.4, 0.5) is 0 Å². The maximum Gasteiger partial charge on any atom is 0.0624 e. The first-order valence-electron chi connectivity index (χ1n) is 6.37. The molecular weight excluding hydrogens is 253 g/mol. The van der Waals surface area contributed by atoms with Gasteiger partial charge in [-0.15, -0.1) is 0 Å². The van der Waals surface area contributed by atoms with Crippen LogP contribution in [0.25, 0.3) is 0 Å². The maximum atomic E-state index is 6.32. The predicted molar refractivity (Wildman–Crippen MR) is 72.5 cm³/mol. The Morgan fingerprint density at radius 2 is 1.94 bits per heavy atom. The summed E-state index contributed by atoms with van der Waals surface area (Å²) in [7, 11) is 0. The lowest BCUT2D eigenvalue weighted by atomic mass is 9.98. The van der Waals surface area contributed by atoms with Crippen molar-refractivity contribution in [2.45, 2.75) is 31.7 Å². The van der Waals surface area contributed by atoms with Crippen molar-refractivity contribution in [3.63, 3.8) is 0 Å². The van der Waals surface area contributed by atoms with Crippen LogP contribution in [0.3, 0.4) is 0 Å². The molecule has 17 heavy (non-hydrogen) atoms. The molecule has 0 bridgehead atoms. The highest BCUT2D eigenvalue weighted by molar-refractivity contribution is 6.42. The molecule has 0 saturated heterocycles. The van der Waals surface area contributed by atoms with Crippen LogP contribution in [0.1, 0.15) is 24.8 Å². The van der Waals surface area contributed by atoms with Crippen molar-refractivity contribution in [2.75, 3.05) is 0 Å². The Morgan fingerprint density at radius 1 is 1.24 bits per heavy atom. The van der Waals surface area contributed by atoms with Gasteiger partial charge in [0.25, 0.3) is 0 Å². The Hall–Kier alpha value is -0.240. The van der Waals surface area contributed by atoms with Gasteiger partial charge in [0, 0.05) is 6.04 Å². The van der Waals surface area contributed by atoms with Gasteiger partial charge >= 0.3 is 0 Å². The summed E-state index contributed by atoms with van der Waals surface area (Å²) in [6.45, 7) is 0. The largest absolute Gasteiger partial charge is 0.327 e. The molecule has 0 spiro atoms. The van der Waals surface area contributed by atoms with Crippen molar-refractivity contribution in [3.05, 3.63) is 33.8 Å². The van der Waals surface area contributed by atoms with Crippen molar-refractivity contribution in [1.29, 1.82) is 0 Å². The average Bonchev–Trinajstić information content (AvgIpc) is 2.79. The fraction of sp³-hybridized carbons (Fsp3) is 0.571. The first-order chi connectivity index (χ1) is 8.18. The van der Waals surface area contributed by atoms with Crippen LogP contribution in [0.2, 0.25) is 10.0 Å². The molecule has 0 radical (unpaired) electrons. The van der Waals surface area contributed by atoms with E-state index in [0.717, 1.165) is 29.7 Å². The summed E-state index contributed by atoms with van der Waals surface area (Å²) >= 11 is 12.2. The van der Waals surface area contributed by atoms with E-state index in [-0.39, 0.29) is 6.04 Å². The van der Waals surface area contributed by atoms with Crippen molar-refractivity contribution < 1.29 is 0 Å². The van der Waals surface area contributed by atoms with Crippen molar-refractivity contribution in [1.82, 2.24) is 0 Å². The molecule has 3 unspecified atom stereocenters. The van der Waals surface area contributed by atoms with Gasteiger partial charge in [-0.2, -0.15) is 0 Å². The highest BCUT2D eigenvalue weighted by Gasteiger charge is 2.54. The van der Waals surface area contributed by atoms with Gasteiger partial charge in [0.1, 0.15) is 0 Å². The lowest BCUT2D eigenvalue weighted by molar-refractivity contribution is 0.484. The Bertz CT molecular complexity index is 422. The van der Waals surface area contributed by atoms with Gasteiger partial charge in [-0.25, -0.2) is 0 Å². The third-order valence-electron chi connectivity index (χ3n) is 4.45. The number of nitrogens with two attached hydrogens (primary N) is 1. The normalized spacial score (nSPS) is 32.3. The topological polar surface area (TPSA) is 26.0 Å². The van der Waals surface area contributed by atoms with E-state index in [0.29, 0.717) is 10.0 Å². The molecule has 2 N–H and O–H groups in total. The van der Waals surface area contributed by atoms with Crippen molar-refractivity contribution in [3.8, 4) is 0 Å². The standard InChI is InChI=1S/C14H17Cl2N/c15-11-6-1-3-8(14(11)16)7-12(17)13-9-4-2-5-10(9)13/h1,3,6,9-10,12-13H,2,4-5,7,17H2. The summed E-state index contributed by atoms with van der Waals surface area (Å²) in [6.07, 6.45) is 5.02. The Morgan fingerprint density at radius 3 is 2.65 bits per heavy atom. The van der Waals surface area contributed by atoms with Crippen LogP contribution in [0, 0.1) is 17.8 Å². The monoisotopic (exact) mass is 269 g/mol. The van der Waals surface area contributed by atoms with Crippen LogP contribution in [-0.2, 0) is 6.42 Å². The van der Waals surface area contributed by atoms with Gasteiger partial charge in [0.2, 0.25) is 0 Å². The predicted octanol–water partition coefficient (Wildman–Crippen LogP) is 3.91. The molecule has 2 aliphatic rings. The number of hydrogen-bond acceptors (Lipinski definition) is 1. The molecular formula is C14H17Cl2N. The van der Waals surface area contributed by atoms with E-state index in [9.17, 15) is 0 Å². The van der Waals surface area contributed by atoms with Crippen molar-refractivity contribution in [2.24, 2.45) is 23.5 Å². The first-order valence-corrected chi connectivity index (χ1v) is 7.12. The molecule has 0 amide bonds. The smallest absolute Gasteiger partial charge is 0.0624 e. The van der Waals surface area contributed by atoms with Crippen LogP contribution < -0.4 is 5.73 Å². The lowest BCUT2D eigenvalue weighted by Crippen LogP contribution is -2.27. The van der Waals surface area contributed by atoms with E-state index in [1.54, 1.807) is 0 Å². The molecule has 3 atom stereocenters. The number of fused-ring (bicyclic) bond motifs is 1. The minimum absolute atomic E-state index is 0.251. The van der Waals surface area contributed by atoms with Crippen LogP contribution in [0.15, 0.2) is 18.2 Å². The Labute approximate surface area is 112 Å². The number of rotatable bonds is 3. The van der Waals surface area contributed by atoms with Gasteiger partial charge < -0.3 is 5.73 Å². The SMILES string of the molecule is NC(Cc1cccc(Cl)c1Cl)C1C2CCCC21. The third-order valence-corrected chi connectivity index (χ3v) is 5.31. The maximum absolute atomic E-state index is 6.32. The lowest BCUT2D eigenvalue weighted by Gasteiger charge is -2.15. The van der Waals surface area contributed by atoms with E-state index in [2.05, 4.69) is 0 Å². The van der Waals surface area contributed by atoms with E-state index >= 15 is 0 Å². The van der Waals surface area contributed by atoms with Crippen LogP contribution in [0.5, 0.6) is 0 Å². The minimum atomic E-state index is 0.251. The number of benzene rings is 1. The van der Waals surface area contributed by atoms with E-state index in [1.165, 1.54) is 19.3 Å². The van der Waals surface area contributed by atoms with Crippen molar-refractivity contribution >= 4 is 23.2 Å². The van der Waals surface area contributed by atoms with Gasteiger partial charge in [-0.05, 0) is 48.6 Å². The fourth-order valence-electron chi connectivity index (χ4n) is 3.61. The van der Waals surface area contributed by atoms with Gasteiger partial charge in [-0.1, -0.05) is 41.8 Å². The highest BCUT2D eigenvalue weighted by Crippen LogP contribution is 2.58. The zero-order valence-corrected chi connectivity index (χ0v) is 11.2. The minimum Gasteiger partial charge on any atom is -0.327 e. The molecule has 92 valence electrons. The second-order valence-electron chi connectivity index (χ2n) is 5.42. The first kappa shape index (κ1) is 11.8. The zero-order valence-electron chi connectivity index (χ0n) is 9.70. The fourth-order valence-corrected chi connectivity index (χ4v) is 4.01. The molecule has 3 heteroatoms. The summed E-state index contributed by atoms with van der Waals surface area (Å²) in [5.74, 6) is 2.55. The van der Waals surface area contributed by atoms with E-state index in [4.69, 9.17) is 28.9 Å².